The van der Waals surface area contributed by atoms with Crippen LogP contribution in [-0.4, -0.2) is 9.91 Å². The maximum Gasteiger partial charge on any atom is 0.312 e. The minimum atomic E-state index is -0.494. The van der Waals surface area contributed by atoms with E-state index in [2.05, 4.69) is 36.8 Å². The smallest absolute Gasteiger partial charge is 0.312 e. The molecule has 0 aliphatic heterocycles. The van der Waals surface area contributed by atoms with Crippen molar-refractivity contribution < 1.29 is 9.66 Å². The second-order valence-corrected chi connectivity index (χ2v) is 5.43. The van der Waals surface area contributed by atoms with Gasteiger partial charge in [-0.05, 0) is 50.4 Å². The van der Waals surface area contributed by atoms with E-state index in [1.165, 1.54) is 6.07 Å². The van der Waals surface area contributed by atoms with Crippen LogP contribution in [0.25, 0.3) is 0 Å². The Morgan fingerprint density at radius 1 is 1.32 bits per heavy atom. The molecule has 98 valence electrons. The quantitative estimate of drug-likeness (QED) is 0.569. The number of nitrogens with zero attached hydrogens (tertiary/aromatic N) is 2. The number of hydrogen-bond donors (Lipinski definition) is 0. The highest BCUT2D eigenvalue weighted by Gasteiger charge is 2.19. The molecule has 2 aromatic rings. The van der Waals surface area contributed by atoms with E-state index in [1.807, 2.05) is 6.92 Å². The molecule has 0 aliphatic rings. The molecule has 0 aliphatic carbocycles. The number of rotatable bonds is 3. The number of aromatic nitrogens is 1. The molecule has 5 nitrogen and oxygen atoms in total. The first kappa shape index (κ1) is 14.0. The van der Waals surface area contributed by atoms with E-state index in [-0.39, 0.29) is 11.4 Å². The summed E-state index contributed by atoms with van der Waals surface area (Å²) in [4.78, 5) is 14.5. The third-order valence-corrected chi connectivity index (χ3v) is 3.83. The number of para-hydroxylation sites is 1. The van der Waals surface area contributed by atoms with Crippen molar-refractivity contribution in [3.05, 3.63) is 55.1 Å². The normalized spacial score (nSPS) is 10.3. The molecule has 1 aromatic heterocycles. The lowest BCUT2D eigenvalue weighted by atomic mass is 10.3. The van der Waals surface area contributed by atoms with Crippen LogP contribution >= 0.6 is 31.9 Å². The van der Waals surface area contributed by atoms with Crippen LogP contribution in [0.2, 0.25) is 0 Å². The Labute approximate surface area is 126 Å². The lowest BCUT2D eigenvalue weighted by Gasteiger charge is -2.08. The van der Waals surface area contributed by atoms with E-state index in [1.54, 1.807) is 24.4 Å². The van der Waals surface area contributed by atoms with Gasteiger partial charge in [0.1, 0.15) is 0 Å². The van der Waals surface area contributed by atoms with Gasteiger partial charge in [0.25, 0.3) is 0 Å². The minimum absolute atomic E-state index is 0.114. The predicted octanol–water partition coefficient (Wildman–Crippen LogP) is 4.62. The SMILES string of the molecule is Cc1cc(Oc2c(Br)cccc2[N+](=O)[O-])ncc1Br. The first-order valence-electron chi connectivity index (χ1n) is 5.22. The van der Waals surface area contributed by atoms with Gasteiger partial charge in [-0.1, -0.05) is 6.07 Å². The lowest BCUT2D eigenvalue weighted by molar-refractivity contribution is -0.385. The minimum Gasteiger partial charge on any atom is -0.431 e. The molecule has 0 saturated heterocycles. The van der Waals surface area contributed by atoms with E-state index < -0.39 is 4.92 Å². The first-order chi connectivity index (χ1) is 8.99. The molecule has 0 radical (unpaired) electrons. The number of aryl methyl sites for hydroxylation is 1. The summed E-state index contributed by atoms with van der Waals surface area (Å²) >= 11 is 6.57. The standard InChI is InChI=1S/C12H8Br2N2O3/c1-7-5-11(15-6-9(7)14)19-12-8(13)3-2-4-10(12)16(17)18/h2-6H,1H3. The van der Waals surface area contributed by atoms with Gasteiger partial charge in [0.05, 0.1) is 9.40 Å². The van der Waals surface area contributed by atoms with Gasteiger partial charge in [-0.3, -0.25) is 10.1 Å². The molecular weight excluding hydrogens is 380 g/mol. The number of halogens is 2. The molecule has 0 amide bonds. The molecule has 0 N–H and O–H groups in total. The summed E-state index contributed by atoms with van der Waals surface area (Å²) in [5.74, 6) is 0.442. The monoisotopic (exact) mass is 386 g/mol. The third kappa shape index (κ3) is 3.10. The fourth-order valence-corrected chi connectivity index (χ4v) is 2.07. The Morgan fingerprint density at radius 2 is 2.05 bits per heavy atom. The Kier molecular flexibility index (Phi) is 4.16. The first-order valence-corrected chi connectivity index (χ1v) is 6.80. The van der Waals surface area contributed by atoms with Gasteiger partial charge in [0, 0.05) is 22.8 Å². The second kappa shape index (κ2) is 5.66. The highest BCUT2D eigenvalue weighted by Crippen LogP contribution is 2.37. The van der Waals surface area contributed by atoms with Crippen molar-refractivity contribution in [1.82, 2.24) is 4.98 Å². The summed E-state index contributed by atoms with van der Waals surface area (Å²) < 4.78 is 6.87. The number of hydrogen-bond acceptors (Lipinski definition) is 4. The molecule has 7 heteroatoms. The van der Waals surface area contributed by atoms with Crippen molar-refractivity contribution in [3.63, 3.8) is 0 Å². The molecule has 1 aromatic carbocycles. The zero-order valence-corrected chi connectivity index (χ0v) is 12.9. The van der Waals surface area contributed by atoms with Crippen LogP contribution in [0.5, 0.6) is 11.6 Å². The van der Waals surface area contributed by atoms with Gasteiger partial charge >= 0.3 is 5.69 Å². The number of nitro groups is 1. The van der Waals surface area contributed by atoms with Gasteiger partial charge < -0.3 is 4.74 Å². The van der Waals surface area contributed by atoms with E-state index in [0.717, 1.165) is 10.0 Å². The van der Waals surface area contributed by atoms with Gasteiger partial charge in [-0.25, -0.2) is 4.98 Å². The molecule has 0 atom stereocenters. The fraction of sp³-hybridized carbons (Fsp3) is 0.0833. The number of ether oxygens (including phenoxy) is 1. The fourth-order valence-electron chi connectivity index (χ4n) is 1.42. The van der Waals surface area contributed by atoms with Crippen molar-refractivity contribution in [1.29, 1.82) is 0 Å². The van der Waals surface area contributed by atoms with Crippen LogP contribution in [0.1, 0.15) is 5.56 Å². The molecule has 0 fully saturated rings. The second-order valence-electron chi connectivity index (χ2n) is 3.72. The molecule has 19 heavy (non-hydrogen) atoms. The summed E-state index contributed by atoms with van der Waals surface area (Å²) in [6, 6.07) is 6.34. The lowest BCUT2D eigenvalue weighted by Crippen LogP contribution is -1.96. The number of pyridine rings is 1. The topological polar surface area (TPSA) is 65.3 Å². The van der Waals surface area contributed by atoms with E-state index >= 15 is 0 Å². The van der Waals surface area contributed by atoms with Crippen LogP contribution in [0, 0.1) is 17.0 Å². The van der Waals surface area contributed by atoms with Crippen molar-refractivity contribution in [2.45, 2.75) is 6.92 Å². The summed E-state index contributed by atoms with van der Waals surface area (Å²) in [7, 11) is 0. The molecular formula is C12H8Br2N2O3. The van der Waals surface area contributed by atoms with Crippen molar-refractivity contribution >= 4 is 37.5 Å². The Balaban J connectivity index is 2.42. The predicted molar refractivity (Wildman–Crippen MR) is 77.5 cm³/mol. The van der Waals surface area contributed by atoms with Gasteiger partial charge in [0.2, 0.25) is 11.6 Å². The van der Waals surface area contributed by atoms with E-state index in [0.29, 0.717) is 10.4 Å². The largest absolute Gasteiger partial charge is 0.431 e. The van der Waals surface area contributed by atoms with E-state index in [4.69, 9.17) is 4.74 Å². The maximum atomic E-state index is 11.0. The zero-order chi connectivity index (χ0) is 14.0. The number of nitro benzene ring substituents is 1. The van der Waals surface area contributed by atoms with Crippen molar-refractivity contribution in [2.75, 3.05) is 0 Å². The Bertz CT molecular complexity index is 647. The highest BCUT2D eigenvalue weighted by atomic mass is 79.9. The van der Waals surface area contributed by atoms with E-state index in [9.17, 15) is 10.1 Å². The Morgan fingerprint density at radius 3 is 2.68 bits per heavy atom. The van der Waals surface area contributed by atoms with Crippen LogP contribution in [-0.2, 0) is 0 Å². The summed E-state index contributed by atoms with van der Waals surface area (Å²) in [6.45, 7) is 1.88. The molecule has 0 bridgehead atoms. The van der Waals surface area contributed by atoms with Gasteiger partial charge in [0.15, 0.2) is 0 Å². The van der Waals surface area contributed by atoms with Crippen LogP contribution < -0.4 is 4.74 Å². The van der Waals surface area contributed by atoms with Crippen molar-refractivity contribution in [3.8, 4) is 11.6 Å². The van der Waals surface area contributed by atoms with Crippen LogP contribution in [0.4, 0.5) is 5.69 Å². The highest BCUT2D eigenvalue weighted by molar-refractivity contribution is 9.10. The van der Waals surface area contributed by atoms with Gasteiger partial charge in [-0.15, -0.1) is 0 Å². The molecule has 2 rings (SSSR count). The molecule has 1 heterocycles. The third-order valence-electron chi connectivity index (χ3n) is 2.37. The molecule has 0 saturated carbocycles. The van der Waals surface area contributed by atoms with Gasteiger partial charge in [-0.2, -0.15) is 0 Å². The molecule has 0 spiro atoms. The average Bonchev–Trinajstić information content (AvgIpc) is 2.36. The molecule has 0 unspecified atom stereocenters. The number of benzene rings is 1. The zero-order valence-electron chi connectivity index (χ0n) is 9.76. The summed E-state index contributed by atoms with van der Waals surface area (Å²) in [5.41, 5.74) is 0.816. The van der Waals surface area contributed by atoms with Crippen LogP contribution in [0.15, 0.2) is 39.4 Å². The van der Waals surface area contributed by atoms with Crippen molar-refractivity contribution in [2.24, 2.45) is 0 Å². The summed E-state index contributed by atoms with van der Waals surface area (Å²) in [6.07, 6.45) is 1.59. The summed E-state index contributed by atoms with van der Waals surface area (Å²) in [5, 5.41) is 11.0. The maximum absolute atomic E-state index is 11.0. The Hall–Kier alpha value is -1.47. The average molecular weight is 388 g/mol. The van der Waals surface area contributed by atoms with Crippen LogP contribution in [0.3, 0.4) is 0 Å².